The number of nitrogens with one attached hydrogen (secondary N) is 2. The zero-order valence-electron chi connectivity index (χ0n) is 15.3. The van der Waals surface area contributed by atoms with Gasteiger partial charge in [0.15, 0.2) is 5.11 Å². The summed E-state index contributed by atoms with van der Waals surface area (Å²) < 4.78 is 26.8. The van der Waals surface area contributed by atoms with Crippen LogP contribution in [0.25, 0.3) is 0 Å². The maximum atomic E-state index is 12.7. The molecule has 7 heteroatoms. The summed E-state index contributed by atoms with van der Waals surface area (Å²) in [6.45, 7) is 7.05. The number of hydrogen-bond donors (Lipinski definition) is 2. The third-order valence-electron chi connectivity index (χ3n) is 4.10. The molecule has 2 rings (SSSR count). The van der Waals surface area contributed by atoms with Gasteiger partial charge < -0.3 is 10.6 Å². The molecule has 0 bridgehead atoms. The molecule has 0 aliphatic carbocycles. The van der Waals surface area contributed by atoms with Crippen LogP contribution in [-0.4, -0.2) is 30.9 Å². The van der Waals surface area contributed by atoms with E-state index in [1.807, 2.05) is 51.1 Å². The van der Waals surface area contributed by atoms with E-state index in [1.165, 1.54) is 4.31 Å². The number of sulfonamides is 1. The van der Waals surface area contributed by atoms with Gasteiger partial charge in [-0.2, -0.15) is 4.31 Å². The van der Waals surface area contributed by atoms with Crippen molar-refractivity contribution in [2.45, 2.75) is 32.2 Å². The van der Waals surface area contributed by atoms with Crippen LogP contribution in [0.1, 0.15) is 25.0 Å². The quantitative estimate of drug-likeness (QED) is 0.707. The first-order chi connectivity index (χ1) is 12.4. The fourth-order valence-corrected chi connectivity index (χ4v) is 4.22. The van der Waals surface area contributed by atoms with E-state index in [9.17, 15) is 8.42 Å². The molecule has 140 valence electrons. The van der Waals surface area contributed by atoms with Gasteiger partial charge in [-0.1, -0.05) is 50.2 Å². The summed E-state index contributed by atoms with van der Waals surface area (Å²) in [4.78, 5) is 0.264. The molecule has 0 radical (unpaired) electrons. The van der Waals surface area contributed by atoms with Crippen molar-refractivity contribution in [3.8, 4) is 0 Å². The van der Waals surface area contributed by atoms with E-state index < -0.39 is 10.0 Å². The monoisotopic (exact) mass is 391 g/mol. The Labute approximate surface area is 161 Å². The van der Waals surface area contributed by atoms with E-state index in [0.717, 1.165) is 11.1 Å². The van der Waals surface area contributed by atoms with Gasteiger partial charge in [-0.3, -0.25) is 0 Å². The second-order valence-electron chi connectivity index (χ2n) is 5.86. The molecular formula is C19H25N3O2S2. The summed E-state index contributed by atoms with van der Waals surface area (Å²) in [6.07, 6.45) is 0. The highest BCUT2D eigenvalue weighted by Gasteiger charge is 2.22. The van der Waals surface area contributed by atoms with Crippen LogP contribution in [0.15, 0.2) is 53.4 Å². The molecule has 26 heavy (non-hydrogen) atoms. The summed E-state index contributed by atoms with van der Waals surface area (Å²) in [7, 11) is -3.50. The van der Waals surface area contributed by atoms with Gasteiger partial charge in [0.05, 0.1) is 4.90 Å². The fraction of sp³-hybridized carbons (Fsp3) is 0.316. The molecule has 0 aromatic heterocycles. The molecule has 2 aromatic carbocycles. The van der Waals surface area contributed by atoms with Gasteiger partial charge in [0.1, 0.15) is 0 Å². The van der Waals surface area contributed by atoms with Crippen molar-refractivity contribution < 1.29 is 8.42 Å². The summed E-state index contributed by atoms with van der Waals surface area (Å²) in [5, 5.41) is 6.70. The normalized spacial score (nSPS) is 11.4. The Morgan fingerprint density at radius 2 is 1.73 bits per heavy atom. The van der Waals surface area contributed by atoms with E-state index in [1.54, 1.807) is 18.2 Å². The lowest BCUT2D eigenvalue weighted by Crippen LogP contribution is -2.31. The predicted molar refractivity (Wildman–Crippen MR) is 111 cm³/mol. The zero-order valence-corrected chi connectivity index (χ0v) is 17.0. The molecule has 0 spiro atoms. The highest BCUT2D eigenvalue weighted by molar-refractivity contribution is 7.89. The highest BCUT2D eigenvalue weighted by atomic mass is 32.2. The van der Waals surface area contributed by atoms with Crippen molar-refractivity contribution in [2.24, 2.45) is 0 Å². The number of hydrogen-bond acceptors (Lipinski definition) is 3. The van der Waals surface area contributed by atoms with Gasteiger partial charge in [0.2, 0.25) is 10.0 Å². The predicted octanol–water partition coefficient (Wildman–Crippen LogP) is 3.51. The number of nitrogens with zero attached hydrogens (tertiary/aromatic N) is 1. The lowest BCUT2D eigenvalue weighted by molar-refractivity contribution is 0.445. The van der Waals surface area contributed by atoms with Crippen molar-refractivity contribution in [1.82, 2.24) is 9.62 Å². The molecule has 0 atom stereocenters. The largest absolute Gasteiger partial charge is 0.358 e. The van der Waals surface area contributed by atoms with E-state index >= 15 is 0 Å². The molecule has 0 aliphatic rings. The summed E-state index contributed by atoms with van der Waals surface area (Å²) in [5.41, 5.74) is 2.72. The first-order valence-corrected chi connectivity index (χ1v) is 10.4. The van der Waals surface area contributed by atoms with Gasteiger partial charge in [-0.05, 0) is 42.4 Å². The average molecular weight is 392 g/mol. The van der Waals surface area contributed by atoms with E-state index in [2.05, 4.69) is 10.6 Å². The number of rotatable bonds is 7. The molecule has 0 unspecified atom stereocenters. The average Bonchev–Trinajstić information content (AvgIpc) is 2.63. The van der Waals surface area contributed by atoms with Crippen LogP contribution in [-0.2, 0) is 16.6 Å². The topological polar surface area (TPSA) is 61.4 Å². The second-order valence-corrected chi connectivity index (χ2v) is 8.21. The number of thiocarbonyl (C=S) groups is 1. The molecular weight excluding hydrogens is 366 g/mol. The number of benzene rings is 2. The Morgan fingerprint density at radius 3 is 2.35 bits per heavy atom. The minimum absolute atomic E-state index is 0.264. The van der Waals surface area contributed by atoms with Crippen molar-refractivity contribution >= 4 is 33.0 Å². The Morgan fingerprint density at radius 1 is 1.08 bits per heavy atom. The second kappa shape index (κ2) is 9.12. The SMILES string of the molecule is CCN(CC)S(=O)(=O)c1ccc(C)c(NC(=S)NCc2ccccc2)c1. The Balaban J connectivity index is 2.13. The standard InChI is InChI=1S/C19H25N3O2S2/c1-4-22(5-2)26(23,24)17-12-11-15(3)18(13-17)21-19(25)20-14-16-9-7-6-8-10-16/h6-13H,4-5,14H2,1-3H3,(H2,20,21,25). The minimum Gasteiger partial charge on any atom is -0.358 e. The zero-order chi connectivity index (χ0) is 19.2. The highest BCUT2D eigenvalue weighted by Crippen LogP contribution is 2.23. The molecule has 0 fully saturated rings. The third-order valence-corrected chi connectivity index (χ3v) is 6.39. The van der Waals surface area contributed by atoms with E-state index in [4.69, 9.17) is 12.2 Å². The van der Waals surface area contributed by atoms with Gasteiger partial charge in [-0.15, -0.1) is 0 Å². The first-order valence-electron chi connectivity index (χ1n) is 8.58. The Bertz CT molecular complexity index is 848. The molecule has 0 amide bonds. The number of aryl methyl sites for hydroxylation is 1. The van der Waals surface area contributed by atoms with E-state index in [0.29, 0.717) is 30.4 Å². The Kier molecular flexibility index (Phi) is 7.14. The van der Waals surface area contributed by atoms with Crippen LogP contribution < -0.4 is 10.6 Å². The van der Waals surface area contributed by atoms with Crippen LogP contribution in [0.3, 0.4) is 0 Å². The van der Waals surface area contributed by atoms with Crippen molar-refractivity contribution in [3.63, 3.8) is 0 Å². The summed E-state index contributed by atoms with van der Waals surface area (Å²) in [6, 6.07) is 15.0. The lowest BCUT2D eigenvalue weighted by atomic mass is 10.2. The van der Waals surface area contributed by atoms with Gasteiger partial charge in [-0.25, -0.2) is 8.42 Å². The van der Waals surface area contributed by atoms with Crippen LogP contribution >= 0.6 is 12.2 Å². The lowest BCUT2D eigenvalue weighted by Gasteiger charge is -2.20. The molecule has 0 saturated carbocycles. The van der Waals surface area contributed by atoms with Crippen LogP contribution in [0, 0.1) is 6.92 Å². The van der Waals surface area contributed by atoms with E-state index in [-0.39, 0.29) is 4.90 Å². The maximum absolute atomic E-state index is 12.7. The summed E-state index contributed by atoms with van der Waals surface area (Å²) in [5.74, 6) is 0. The van der Waals surface area contributed by atoms with Crippen molar-refractivity contribution in [3.05, 3.63) is 59.7 Å². The third kappa shape index (κ3) is 5.03. The van der Waals surface area contributed by atoms with Crippen LogP contribution in [0.5, 0.6) is 0 Å². The maximum Gasteiger partial charge on any atom is 0.243 e. The smallest absolute Gasteiger partial charge is 0.243 e. The van der Waals surface area contributed by atoms with Crippen molar-refractivity contribution in [1.29, 1.82) is 0 Å². The first kappa shape index (κ1) is 20.4. The molecule has 0 saturated heterocycles. The fourth-order valence-electron chi connectivity index (χ4n) is 2.55. The van der Waals surface area contributed by atoms with Gasteiger partial charge >= 0.3 is 0 Å². The number of anilines is 1. The minimum atomic E-state index is -3.50. The molecule has 0 aliphatic heterocycles. The van der Waals surface area contributed by atoms with Crippen LogP contribution in [0.4, 0.5) is 5.69 Å². The molecule has 2 N–H and O–H groups in total. The molecule has 5 nitrogen and oxygen atoms in total. The van der Waals surface area contributed by atoms with Crippen molar-refractivity contribution in [2.75, 3.05) is 18.4 Å². The molecule has 2 aromatic rings. The Hall–Kier alpha value is -1.96. The van der Waals surface area contributed by atoms with Gasteiger partial charge in [0.25, 0.3) is 0 Å². The summed E-state index contributed by atoms with van der Waals surface area (Å²) >= 11 is 5.35. The van der Waals surface area contributed by atoms with Gasteiger partial charge in [0, 0.05) is 25.3 Å². The van der Waals surface area contributed by atoms with Crippen LogP contribution in [0.2, 0.25) is 0 Å². The molecule has 0 heterocycles.